The van der Waals surface area contributed by atoms with Gasteiger partial charge in [-0.3, -0.25) is 0 Å². The molecule has 80 valence electrons. The fourth-order valence-corrected chi connectivity index (χ4v) is 1.42. The van der Waals surface area contributed by atoms with Crippen molar-refractivity contribution in [3.05, 3.63) is 42.0 Å². The van der Waals surface area contributed by atoms with Crippen LogP contribution in [0.2, 0.25) is 0 Å². The largest absolute Gasteiger partial charge is 0.394 e. The minimum Gasteiger partial charge on any atom is -0.394 e. The van der Waals surface area contributed by atoms with E-state index in [1.165, 1.54) is 0 Å². The summed E-state index contributed by atoms with van der Waals surface area (Å²) in [6.07, 6.45) is 3.29. The lowest BCUT2D eigenvalue weighted by molar-refractivity contribution is -0.0293. The smallest absolute Gasteiger partial charge is 0.177 e. The van der Waals surface area contributed by atoms with Gasteiger partial charge in [-0.2, -0.15) is 0 Å². The normalized spacial score (nSPS) is 26.2. The first-order chi connectivity index (χ1) is 7.38. The standard InChI is InChI=1S/C12H14O3/c13-8-11-9-14-12(15-11)7-6-10-4-2-1-3-5-10/h1-7,11-13H,8-9H2/b7-6+/t11-,12+/m1/s1. The highest BCUT2D eigenvalue weighted by Gasteiger charge is 2.22. The van der Waals surface area contributed by atoms with Crippen molar-refractivity contribution in [3.8, 4) is 0 Å². The van der Waals surface area contributed by atoms with Gasteiger partial charge in [-0.15, -0.1) is 0 Å². The molecule has 0 spiro atoms. The van der Waals surface area contributed by atoms with E-state index in [-0.39, 0.29) is 19.0 Å². The highest BCUT2D eigenvalue weighted by molar-refractivity contribution is 5.48. The van der Waals surface area contributed by atoms with Gasteiger partial charge in [-0.25, -0.2) is 0 Å². The molecule has 1 aliphatic heterocycles. The molecule has 1 fully saturated rings. The maximum absolute atomic E-state index is 8.84. The lowest BCUT2D eigenvalue weighted by atomic mass is 10.2. The Hall–Kier alpha value is -1.16. The Kier molecular flexibility index (Phi) is 3.50. The Labute approximate surface area is 88.9 Å². The number of benzene rings is 1. The van der Waals surface area contributed by atoms with Crippen LogP contribution in [0.4, 0.5) is 0 Å². The van der Waals surface area contributed by atoms with Crippen LogP contribution < -0.4 is 0 Å². The zero-order valence-corrected chi connectivity index (χ0v) is 8.37. The maximum Gasteiger partial charge on any atom is 0.177 e. The molecule has 1 N–H and O–H groups in total. The monoisotopic (exact) mass is 206 g/mol. The zero-order valence-electron chi connectivity index (χ0n) is 8.37. The molecule has 2 rings (SSSR count). The van der Waals surface area contributed by atoms with Crippen LogP contribution in [0.25, 0.3) is 6.08 Å². The second kappa shape index (κ2) is 5.07. The molecule has 3 heteroatoms. The third-order valence-corrected chi connectivity index (χ3v) is 2.22. The van der Waals surface area contributed by atoms with Gasteiger partial charge < -0.3 is 14.6 Å². The van der Waals surface area contributed by atoms with Crippen molar-refractivity contribution in [1.29, 1.82) is 0 Å². The first-order valence-corrected chi connectivity index (χ1v) is 4.99. The van der Waals surface area contributed by atoms with E-state index in [1.54, 1.807) is 0 Å². The van der Waals surface area contributed by atoms with E-state index in [4.69, 9.17) is 14.6 Å². The van der Waals surface area contributed by atoms with Crippen LogP contribution in [0.1, 0.15) is 5.56 Å². The molecule has 0 unspecified atom stereocenters. The highest BCUT2D eigenvalue weighted by atomic mass is 16.7. The predicted molar refractivity (Wildman–Crippen MR) is 57.2 cm³/mol. The van der Waals surface area contributed by atoms with Gasteiger partial charge >= 0.3 is 0 Å². The summed E-state index contributed by atoms with van der Waals surface area (Å²) in [4.78, 5) is 0. The van der Waals surface area contributed by atoms with E-state index >= 15 is 0 Å². The summed E-state index contributed by atoms with van der Waals surface area (Å²) >= 11 is 0. The lowest BCUT2D eigenvalue weighted by Crippen LogP contribution is -2.15. The van der Waals surface area contributed by atoms with Crippen LogP contribution in [-0.4, -0.2) is 30.7 Å². The summed E-state index contributed by atoms with van der Waals surface area (Å²) in [5.41, 5.74) is 1.11. The number of hydrogen-bond acceptors (Lipinski definition) is 3. The third kappa shape index (κ3) is 2.89. The van der Waals surface area contributed by atoms with Crippen molar-refractivity contribution in [1.82, 2.24) is 0 Å². The molecule has 0 radical (unpaired) electrons. The summed E-state index contributed by atoms with van der Waals surface area (Å²) in [6.45, 7) is 0.468. The molecule has 3 nitrogen and oxygen atoms in total. The fourth-order valence-electron chi connectivity index (χ4n) is 1.42. The van der Waals surface area contributed by atoms with Crippen LogP contribution in [0.3, 0.4) is 0 Å². The highest BCUT2D eigenvalue weighted by Crippen LogP contribution is 2.13. The van der Waals surface area contributed by atoms with Gasteiger partial charge in [0.2, 0.25) is 0 Å². The van der Waals surface area contributed by atoms with Gasteiger partial charge in [0.15, 0.2) is 6.29 Å². The van der Waals surface area contributed by atoms with Gasteiger partial charge in [0.25, 0.3) is 0 Å². The summed E-state index contributed by atoms with van der Waals surface area (Å²) in [6, 6.07) is 9.95. The quantitative estimate of drug-likeness (QED) is 0.813. The van der Waals surface area contributed by atoms with Crippen LogP contribution >= 0.6 is 0 Å². The average molecular weight is 206 g/mol. The molecule has 0 saturated carbocycles. The molecule has 1 aliphatic rings. The fraction of sp³-hybridized carbons (Fsp3) is 0.333. The first kappa shape index (κ1) is 10.4. The van der Waals surface area contributed by atoms with Crippen molar-refractivity contribution in [2.24, 2.45) is 0 Å². The van der Waals surface area contributed by atoms with Crippen molar-refractivity contribution in [3.63, 3.8) is 0 Å². The summed E-state index contributed by atoms with van der Waals surface area (Å²) in [5, 5.41) is 8.84. The minimum atomic E-state index is -0.331. The Bertz CT molecular complexity index is 321. The topological polar surface area (TPSA) is 38.7 Å². The van der Waals surface area contributed by atoms with Gasteiger partial charge in [0.05, 0.1) is 13.2 Å². The van der Waals surface area contributed by atoms with E-state index in [9.17, 15) is 0 Å². The molecule has 0 aromatic heterocycles. The number of ether oxygens (including phenoxy) is 2. The van der Waals surface area contributed by atoms with E-state index in [0.717, 1.165) is 5.56 Å². The number of hydrogen-bond donors (Lipinski definition) is 1. The van der Waals surface area contributed by atoms with Crippen molar-refractivity contribution in [2.75, 3.05) is 13.2 Å². The molecule has 15 heavy (non-hydrogen) atoms. The Morgan fingerprint density at radius 1 is 1.33 bits per heavy atom. The second-order valence-corrected chi connectivity index (χ2v) is 3.41. The molecular weight excluding hydrogens is 192 g/mol. The van der Waals surface area contributed by atoms with Crippen LogP contribution in [0.5, 0.6) is 0 Å². The van der Waals surface area contributed by atoms with Gasteiger partial charge in [-0.1, -0.05) is 36.4 Å². The molecule has 1 heterocycles. The summed E-state index contributed by atoms with van der Waals surface area (Å²) in [7, 11) is 0. The molecule has 1 aromatic carbocycles. The Balaban J connectivity index is 1.90. The van der Waals surface area contributed by atoms with E-state index in [1.807, 2.05) is 42.5 Å². The van der Waals surface area contributed by atoms with Crippen LogP contribution in [-0.2, 0) is 9.47 Å². The van der Waals surface area contributed by atoms with Gasteiger partial charge in [0.1, 0.15) is 6.10 Å². The zero-order chi connectivity index (χ0) is 10.5. The number of aliphatic hydroxyl groups is 1. The van der Waals surface area contributed by atoms with E-state index < -0.39 is 0 Å². The average Bonchev–Trinajstić information content (AvgIpc) is 2.76. The third-order valence-electron chi connectivity index (χ3n) is 2.22. The summed E-state index contributed by atoms with van der Waals surface area (Å²) < 4.78 is 10.7. The van der Waals surface area contributed by atoms with E-state index in [0.29, 0.717) is 6.61 Å². The van der Waals surface area contributed by atoms with E-state index in [2.05, 4.69) is 0 Å². The van der Waals surface area contributed by atoms with Gasteiger partial charge in [-0.05, 0) is 11.6 Å². The second-order valence-electron chi connectivity index (χ2n) is 3.41. The Morgan fingerprint density at radius 3 is 2.80 bits per heavy atom. The van der Waals surface area contributed by atoms with Gasteiger partial charge in [0, 0.05) is 0 Å². The maximum atomic E-state index is 8.84. The number of rotatable bonds is 3. The molecule has 1 saturated heterocycles. The lowest BCUT2D eigenvalue weighted by Gasteiger charge is -2.04. The molecule has 0 bridgehead atoms. The van der Waals surface area contributed by atoms with Crippen LogP contribution in [0, 0.1) is 0 Å². The predicted octanol–water partition coefficient (Wildman–Crippen LogP) is 1.43. The molecule has 2 atom stereocenters. The van der Waals surface area contributed by atoms with Crippen molar-refractivity contribution in [2.45, 2.75) is 12.4 Å². The SMILES string of the molecule is OC[C@@H]1CO[C@H](/C=C/c2ccccc2)O1. The molecule has 0 amide bonds. The molecule has 1 aromatic rings. The summed E-state index contributed by atoms with van der Waals surface area (Å²) in [5.74, 6) is 0. The minimum absolute atomic E-state index is 0.00960. The Morgan fingerprint density at radius 2 is 2.13 bits per heavy atom. The number of aliphatic hydroxyl groups excluding tert-OH is 1. The van der Waals surface area contributed by atoms with Crippen molar-refractivity contribution >= 4 is 6.08 Å². The van der Waals surface area contributed by atoms with Crippen molar-refractivity contribution < 1.29 is 14.6 Å². The van der Waals surface area contributed by atoms with Crippen LogP contribution in [0.15, 0.2) is 36.4 Å². The molecule has 0 aliphatic carbocycles. The first-order valence-electron chi connectivity index (χ1n) is 4.99. The molecular formula is C12H14O3.